The Labute approximate surface area is 129 Å². The lowest BCUT2D eigenvalue weighted by molar-refractivity contribution is 0.364. The Kier molecular flexibility index (Phi) is 4.69. The topological polar surface area (TPSA) is 12.0 Å². The molecule has 1 N–H and O–H groups in total. The monoisotopic (exact) mass is 385 g/mol. The molecule has 0 bridgehead atoms. The highest BCUT2D eigenvalue weighted by atomic mass is 79.9. The summed E-state index contributed by atoms with van der Waals surface area (Å²) in [5.74, 6) is -9.71. The number of hydrogen-bond donors (Lipinski definition) is 1. The Morgan fingerprint density at radius 1 is 1.00 bits per heavy atom. The van der Waals surface area contributed by atoms with Crippen molar-refractivity contribution in [3.63, 3.8) is 0 Å². The van der Waals surface area contributed by atoms with Crippen molar-refractivity contribution < 1.29 is 22.0 Å². The van der Waals surface area contributed by atoms with Gasteiger partial charge >= 0.3 is 0 Å². The second kappa shape index (κ2) is 6.02. The second-order valence-electron chi connectivity index (χ2n) is 4.31. The lowest BCUT2D eigenvalue weighted by Crippen LogP contribution is -2.22. The zero-order valence-electron chi connectivity index (χ0n) is 10.8. The van der Waals surface area contributed by atoms with Gasteiger partial charge in [-0.2, -0.15) is 0 Å². The van der Waals surface area contributed by atoms with E-state index in [1.54, 1.807) is 13.0 Å². The standard InChI is InChI=1S/C13H9BrF5NS/c1-4-3-5(21-13(4)14)12(20-2)6-7(15)9(17)11(19)10(18)8(6)16/h3,12,20H,1-2H3. The number of aryl methyl sites for hydroxylation is 1. The van der Waals surface area contributed by atoms with Crippen LogP contribution in [-0.2, 0) is 0 Å². The third kappa shape index (κ3) is 2.72. The molecule has 0 spiro atoms. The molecule has 0 saturated heterocycles. The second-order valence-corrected chi connectivity index (χ2v) is 6.71. The highest BCUT2D eigenvalue weighted by molar-refractivity contribution is 9.11. The fourth-order valence-electron chi connectivity index (χ4n) is 1.93. The Hall–Kier alpha value is -0.990. The number of rotatable bonds is 3. The maximum atomic E-state index is 13.9. The molecule has 1 aromatic heterocycles. The van der Waals surface area contributed by atoms with Gasteiger partial charge in [-0.1, -0.05) is 0 Å². The summed E-state index contributed by atoms with van der Waals surface area (Å²) in [5, 5.41) is 2.58. The van der Waals surface area contributed by atoms with E-state index in [2.05, 4.69) is 21.2 Å². The lowest BCUT2D eigenvalue weighted by Gasteiger charge is -2.17. The van der Waals surface area contributed by atoms with Gasteiger partial charge in [0.05, 0.1) is 15.4 Å². The molecule has 1 nitrogen and oxygen atoms in total. The van der Waals surface area contributed by atoms with E-state index in [-0.39, 0.29) is 0 Å². The van der Waals surface area contributed by atoms with Gasteiger partial charge in [-0.05, 0) is 41.5 Å². The van der Waals surface area contributed by atoms with Crippen LogP contribution in [-0.4, -0.2) is 7.05 Å². The maximum Gasteiger partial charge on any atom is 0.200 e. The molecule has 1 unspecified atom stereocenters. The van der Waals surface area contributed by atoms with Crippen molar-refractivity contribution in [2.24, 2.45) is 0 Å². The summed E-state index contributed by atoms with van der Waals surface area (Å²) in [7, 11) is 1.38. The number of nitrogens with one attached hydrogen (secondary N) is 1. The number of benzene rings is 1. The molecule has 8 heteroatoms. The Balaban J connectivity index is 2.68. The first-order chi connectivity index (χ1) is 9.79. The van der Waals surface area contributed by atoms with Crippen molar-refractivity contribution in [3.8, 4) is 0 Å². The van der Waals surface area contributed by atoms with Crippen molar-refractivity contribution in [2.45, 2.75) is 13.0 Å². The molecule has 0 fully saturated rings. The smallest absolute Gasteiger partial charge is 0.200 e. The van der Waals surface area contributed by atoms with Crippen LogP contribution in [0.2, 0.25) is 0 Å². The quantitative estimate of drug-likeness (QED) is 0.453. The van der Waals surface area contributed by atoms with E-state index >= 15 is 0 Å². The van der Waals surface area contributed by atoms with Gasteiger partial charge in [0, 0.05) is 4.88 Å². The van der Waals surface area contributed by atoms with Gasteiger partial charge in [0.1, 0.15) is 0 Å². The van der Waals surface area contributed by atoms with E-state index in [0.29, 0.717) is 4.88 Å². The van der Waals surface area contributed by atoms with Crippen LogP contribution in [0.25, 0.3) is 0 Å². The Morgan fingerprint density at radius 3 is 1.86 bits per heavy atom. The lowest BCUT2D eigenvalue weighted by atomic mass is 10.0. The number of hydrogen-bond acceptors (Lipinski definition) is 2. The zero-order chi connectivity index (χ0) is 15.9. The molecule has 1 aromatic carbocycles. The van der Waals surface area contributed by atoms with Gasteiger partial charge < -0.3 is 5.32 Å². The van der Waals surface area contributed by atoms with Crippen LogP contribution in [0.3, 0.4) is 0 Å². The summed E-state index contributed by atoms with van der Waals surface area (Å²) in [6.45, 7) is 1.76. The van der Waals surface area contributed by atoms with Gasteiger partial charge in [0.15, 0.2) is 23.3 Å². The van der Waals surface area contributed by atoms with Gasteiger partial charge in [0.2, 0.25) is 5.82 Å². The predicted octanol–water partition coefficient (Wildman–Crippen LogP) is 4.82. The highest BCUT2D eigenvalue weighted by Gasteiger charge is 2.31. The summed E-state index contributed by atoms with van der Waals surface area (Å²) >= 11 is 4.42. The fraction of sp³-hybridized carbons (Fsp3) is 0.231. The van der Waals surface area contributed by atoms with Crippen LogP contribution in [0, 0.1) is 36.0 Å². The first-order valence-electron chi connectivity index (χ1n) is 5.74. The maximum absolute atomic E-state index is 13.9. The van der Waals surface area contributed by atoms with Gasteiger partial charge in [-0.25, -0.2) is 22.0 Å². The van der Waals surface area contributed by atoms with Crippen LogP contribution in [0.4, 0.5) is 22.0 Å². The van der Waals surface area contributed by atoms with Crippen molar-refractivity contribution in [2.75, 3.05) is 7.05 Å². The van der Waals surface area contributed by atoms with Crippen LogP contribution in [0.1, 0.15) is 22.0 Å². The molecule has 2 rings (SSSR count). The molecule has 21 heavy (non-hydrogen) atoms. The Bertz CT molecular complexity index is 652. The first-order valence-corrected chi connectivity index (χ1v) is 7.35. The minimum Gasteiger partial charge on any atom is -0.308 e. The third-order valence-corrected chi connectivity index (χ3v) is 5.18. The van der Waals surface area contributed by atoms with Crippen molar-refractivity contribution in [1.82, 2.24) is 5.32 Å². The van der Waals surface area contributed by atoms with Crippen molar-refractivity contribution in [3.05, 3.63) is 54.9 Å². The van der Waals surface area contributed by atoms with Crippen LogP contribution in [0.5, 0.6) is 0 Å². The number of halogens is 6. The molecular weight excluding hydrogens is 377 g/mol. The SMILES string of the molecule is CNC(c1cc(C)c(Br)s1)c1c(F)c(F)c(F)c(F)c1F. The van der Waals surface area contributed by atoms with E-state index in [9.17, 15) is 22.0 Å². The average Bonchev–Trinajstić information content (AvgIpc) is 2.78. The number of thiophene rings is 1. The van der Waals surface area contributed by atoms with Crippen molar-refractivity contribution >= 4 is 27.3 Å². The minimum absolute atomic E-state index is 0.435. The first kappa shape index (κ1) is 16.4. The van der Waals surface area contributed by atoms with E-state index in [1.807, 2.05) is 0 Å². The summed E-state index contributed by atoms with van der Waals surface area (Å²) < 4.78 is 68.1. The zero-order valence-corrected chi connectivity index (χ0v) is 13.2. The molecule has 0 amide bonds. The van der Waals surface area contributed by atoms with Crippen molar-refractivity contribution in [1.29, 1.82) is 0 Å². The molecule has 1 atom stereocenters. The molecule has 0 aliphatic heterocycles. The van der Waals surface area contributed by atoms with E-state index in [4.69, 9.17) is 0 Å². The molecular formula is C13H9BrF5NS. The molecule has 0 radical (unpaired) electrons. The van der Waals surface area contributed by atoms with Gasteiger partial charge in [0.25, 0.3) is 0 Å². The summed E-state index contributed by atoms with van der Waals surface area (Å²) in [6, 6.07) is 0.484. The summed E-state index contributed by atoms with van der Waals surface area (Å²) in [6.07, 6.45) is 0. The normalized spacial score (nSPS) is 12.8. The van der Waals surface area contributed by atoms with Crippen LogP contribution >= 0.6 is 27.3 Å². The third-order valence-electron chi connectivity index (χ3n) is 2.98. The largest absolute Gasteiger partial charge is 0.308 e. The van der Waals surface area contributed by atoms with E-state index in [1.165, 1.54) is 7.05 Å². The summed E-state index contributed by atoms with van der Waals surface area (Å²) in [4.78, 5) is 0.435. The van der Waals surface area contributed by atoms with Gasteiger partial charge in [-0.15, -0.1) is 11.3 Å². The van der Waals surface area contributed by atoms with E-state index in [0.717, 1.165) is 20.7 Å². The molecule has 0 aliphatic carbocycles. The Morgan fingerprint density at radius 2 is 1.48 bits per heavy atom. The van der Waals surface area contributed by atoms with Gasteiger partial charge in [-0.3, -0.25) is 0 Å². The average molecular weight is 386 g/mol. The predicted molar refractivity (Wildman–Crippen MR) is 73.9 cm³/mol. The molecule has 0 aliphatic rings. The molecule has 0 saturated carbocycles. The van der Waals surface area contributed by atoms with E-state index < -0.39 is 40.7 Å². The summed E-state index contributed by atoms with van der Waals surface area (Å²) in [5.41, 5.74) is -0.0817. The molecule has 114 valence electrons. The fourth-order valence-corrected chi connectivity index (χ4v) is 3.62. The molecule has 2 aromatic rings. The minimum atomic E-state index is -2.16. The van der Waals surface area contributed by atoms with Crippen LogP contribution in [0.15, 0.2) is 9.85 Å². The highest BCUT2D eigenvalue weighted by Crippen LogP contribution is 2.37. The molecule has 1 heterocycles. The van der Waals surface area contributed by atoms with Crippen LogP contribution < -0.4 is 5.32 Å².